The van der Waals surface area contributed by atoms with Crippen molar-refractivity contribution in [3.05, 3.63) is 16.5 Å². The minimum Gasteiger partial charge on any atom is -0.450 e. The largest absolute Gasteiger partial charge is 0.450 e. The van der Waals surface area contributed by atoms with Crippen molar-refractivity contribution in [2.75, 3.05) is 27.4 Å². The molecule has 1 heterocycles. The van der Waals surface area contributed by atoms with Gasteiger partial charge in [0.25, 0.3) is 0 Å². The molecule has 1 aromatic heterocycles. The smallest absolute Gasteiger partial charge is 0.245 e. The van der Waals surface area contributed by atoms with Crippen molar-refractivity contribution in [3.8, 4) is 0 Å². The predicted octanol–water partition coefficient (Wildman–Crippen LogP) is 0.474. The maximum atomic E-state index is 12.0. The molecule has 1 aromatic rings. The molecule has 19 heavy (non-hydrogen) atoms. The van der Waals surface area contributed by atoms with E-state index in [1.807, 2.05) is 0 Å². The maximum Gasteiger partial charge on any atom is 0.245 e. The molecule has 0 amide bonds. The number of sulfonamides is 1. The number of rotatable bonds is 8. The van der Waals surface area contributed by atoms with Gasteiger partial charge >= 0.3 is 0 Å². The van der Waals surface area contributed by atoms with E-state index in [0.29, 0.717) is 0 Å². The standard InChI is InChI=1S/C10H16BrNO6S/c1-16-6-8(17-2)4-12-19(14,15)9-3-7(5-13)18-10(9)11/h3,8,12-13H,4-6H2,1-2H3. The Morgan fingerprint density at radius 2 is 2.21 bits per heavy atom. The number of aliphatic hydroxyl groups excluding tert-OH is 1. The molecule has 0 aliphatic carbocycles. The molecule has 1 rings (SSSR count). The Labute approximate surface area is 120 Å². The van der Waals surface area contributed by atoms with E-state index in [2.05, 4.69) is 20.7 Å². The van der Waals surface area contributed by atoms with Crippen LogP contribution in [0, 0.1) is 0 Å². The fraction of sp³-hybridized carbons (Fsp3) is 0.600. The van der Waals surface area contributed by atoms with Crippen molar-refractivity contribution in [1.29, 1.82) is 0 Å². The van der Waals surface area contributed by atoms with Crippen molar-refractivity contribution in [3.63, 3.8) is 0 Å². The zero-order chi connectivity index (χ0) is 14.5. The molecule has 1 atom stereocenters. The summed E-state index contributed by atoms with van der Waals surface area (Å²) >= 11 is 3.00. The summed E-state index contributed by atoms with van der Waals surface area (Å²) < 4.78 is 41.5. The molecule has 0 saturated carbocycles. The molecular weight excluding hydrogens is 342 g/mol. The lowest BCUT2D eigenvalue weighted by Gasteiger charge is -2.14. The van der Waals surface area contributed by atoms with E-state index >= 15 is 0 Å². The van der Waals surface area contributed by atoms with Crippen LogP contribution in [0.15, 0.2) is 20.0 Å². The van der Waals surface area contributed by atoms with Crippen LogP contribution in [-0.2, 0) is 26.1 Å². The fourth-order valence-corrected chi connectivity index (χ4v) is 3.40. The van der Waals surface area contributed by atoms with Gasteiger partial charge in [-0.3, -0.25) is 0 Å². The van der Waals surface area contributed by atoms with Gasteiger partial charge in [-0.2, -0.15) is 0 Å². The molecule has 0 fully saturated rings. The third-order valence-electron chi connectivity index (χ3n) is 2.34. The molecule has 0 aliphatic rings. The number of methoxy groups -OCH3 is 2. The van der Waals surface area contributed by atoms with Crippen molar-refractivity contribution in [2.24, 2.45) is 0 Å². The SMILES string of the molecule is COCC(CNS(=O)(=O)c1cc(CO)oc1Br)OC. The van der Waals surface area contributed by atoms with Gasteiger partial charge in [0.2, 0.25) is 10.0 Å². The number of nitrogens with one attached hydrogen (secondary N) is 1. The summed E-state index contributed by atoms with van der Waals surface area (Å²) in [7, 11) is -0.772. The van der Waals surface area contributed by atoms with Gasteiger partial charge in [-0.25, -0.2) is 13.1 Å². The van der Waals surface area contributed by atoms with Gasteiger partial charge in [-0.1, -0.05) is 0 Å². The molecule has 0 aliphatic heterocycles. The second-order valence-electron chi connectivity index (χ2n) is 3.67. The molecule has 9 heteroatoms. The van der Waals surface area contributed by atoms with Crippen LogP contribution in [0.1, 0.15) is 5.76 Å². The number of ether oxygens (including phenoxy) is 2. The quantitative estimate of drug-likeness (QED) is 0.701. The van der Waals surface area contributed by atoms with E-state index in [4.69, 9.17) is 19.0 Å². The second kappa shape index (κ2) is 7.36. The Bertz CT molecular complexity index is 500. The van der Waals surface area contributed by atoms with Gasteiger partial charge in [0.1, 0.15) is 17.3 Å². The van der Waals surface area contributed by atoms with Crippen molar-refractivity contribution >= 4 is 26.0 Å². The van der Waals surface area contributed by atoms with E-state index in [1.54, 1.807) is 0 Å². The summed E-state index contributed by atoms with van der Waals surface area (Å²) in [5.74, 6) is 0.160. The highest BCUT2D eigenvalue weighted by atomic mass is 79.9. The highest BCUT2D eigenvalue weighted by molar-refractivity contribution is 9.10. The third kappa shape index (κ3) is 4.55. The van der Waals surface area contributed by atoms with Crippen LogP contribution < -0.4 is 4.72 Å². The predicted molar refractivity (Wildman–Crippen MR) is 70.2 cm³/mol. The zero-order valence-corrected chi connectivity index (χ0v) is 13.0. The van der Waals surface area contributed by atoms with Crippen LogP contribution >= 0.6 is 15.9 Å². The molecule has 0 spiro atoms. The summed E-state index contributed by atoms with van der Waals surface area (Å²) in [6.45, 7) is -0.0370. The van der Waals surface area contributed by atoms with Crippen molar-refractivity contribution in [1.82, 2.24) is 4.72 Å². The molecule has 0 saturated heterocycles. The molecule has 1 unspecified atom stereocenters. The normalized spacial score (nSPS) is 13.7. The monoisotopic (exact) mass is 357 g/mol. The van der Waals surface area contributed by atoms with Crippen LogP contribution in [0.4, 0.5) is 0 Å². The Morgan fingerprint density at radius 3 is 2.68 bits per heavy atom. The van der Waals surface area contributed by atoms with E-state index in [0.717, 1.165) is 0 Å². The molecule has 0 aromatic carbocycles. The minimum absolute atomic E-state index is 0.0461. The van der Waals surface area contributed by atoms with Gasteiger partial charge < -0.3 is 19.0 Å². The summed E-state index contributed by atoms with van der Waals surface area (Å²) in [6.07, 6.45) is -0.386. The molecule has 2 N–H and O–H groups in total. The highest BCUT2D eigenvalue weighted by Crippen LogP contribution is 2.25. The maximum absolute atomic E-state index is 12.0. The lowest BCUT2D eigenvalue weighted by Crippen LogP contribution is -2.35. The molecule has 110 valence electrons. The molecule has 0 bridgehead atoms. The Kier molecular flexibility index (Phi) is 6.43. The first-order valence-electron chi connectivity index (χ1n) is 5.35. The van der Waals surface area contributed by atoms with Gasteiger partial charge in [0, 0.05) is 26.8 Å². The lowest BCUT2D eigenvalue weighted by atomic mass is 10.4. The second-order valence-corrected chi connectivity index (χ2v) is 6.13. The van der Waals surface area contributed by atoms with Gasteiger partial charge in [0.15, 0.2) is 4.67 Å². The molecular formula is C10H16BrNO6S. The average Bonchev–Trinajstić information content (AvgIpc) is 2.76. The topological polar surface area (TPSA) is 98.0 Å². The lowest BCUT2D eigenvalue weighted by molar-refractivity contribution is 0.0320. The van der Waals surface area contributed by atoms with Crippen LogP contribution in [0.3, 0.4) is 0 Å². The molecule has 0 radical (unpaired) electrons. The van der Waals surface area contributed by atoms with Crippen LogP contribution in [-0.4, -0.2) is 47.0 Å². The molecule has 7 nitrogen and oxygen atoms in total. The van der Waals surface area contributed by atoms with Crippen LogP contribution in [0.5, 0.6) is 0 Å². The van der Waals surface area contributed by atoms with E-state index in [1.165, 1.54) is 20.3 Å². The zero-order valence-electron chi connectivity index (χ0n) is 10.6. The number of hydrogen-bond donors (Lipinski definition) is 2. The van der Waals surface area contributed by atoms with Gasteiger partial charge in [-0.05, 0) is 15.9 Å². The Balaban J connectivity index is 2.77. The van der Waals surface area contributed by atoms with E-state index in [-0.39, 0.29) is 41.2 Å². The first kappa shape index (κ1) is 16.6. The summed E-state index contributed by atoms with van der Waals surface area (Å²) in [5, 5.41) is 8.90. The Hall–Kier alpha value is -0.450. The summed E-state index contributed by atoms with van der Waals surface area (Å²) in [6, 6.07) is 1.25. The number of aliphatic hydroxyl groups is 1. The third-order valence-corrected chi connectivity index (χ3v) is 4.62. The van der Waals surface area contributed by atoms with Crippen molar-refractivity contribution < 1.29 is 27.4 Å². The van der Waals surface area contributed by atoms with Crippen molar-refractivity contribution in [2.45, 2.75) is 17.6 Å². The summed E-state index contributed by atoms with van der Waals surface area (Å²) in [4.78, 5) is -0.0659. The Morgan fingerprint density at radius 1 is 1.53 bits per heavy atom. The fourth-order valence-electron chi connectivity index (χ4n) is 1.34. The van der Waals surface area contributed by atoms with Crippen LogP contribution in [0.25, 0.3) is 0 Å². The first-order chi connectivity index (χ1) is 8.94. The minimum atomic E-state index is -3.74. The number of furan rings is 1. The summed E-state index contributed by atoms with van der Waals surface area (Å²) in [5.41, 5.74) is 0. The van der Waals surface area contributed by atoms with E-state index < -0.39 is 10.0 Å². The van der Waals surface area contributed by atoms with Crippen LogP contribution in [0.2, 0.25) is 0 Å². The highest BCUT2D eigenvalue weighted by Gasteiger charge is 2.23. The average molecular weight is 358 g/mol. The number of halogens is 1. The van der Waals surface area contributed by atoms with Gasteiger partial charge in [0.05, 0.1) is 12.7 Å². The number of hydrogen-bond acceptors (Lipinski definition) is 6. The van der Waals surface area contributed by atoms with E-state index in [9.17, 15) is 8.42 Å². The van der Waals surface area contributed by atoms with Gasteiger partial charge in [-0.15, -0.1) is 0 Å². The first-order valence-corrected chi connectivity index (χ1v) is 7.62.